The maximum absolute atomic E-state index is 14.7. The van der Waals surface area contributed by atoms with Crippen molar-refractivity contribution >= 4 is 23.2 Å². The minimum Gasteiger partial charge on any atom is -0.465 e. The number of carbonyl (C=O) groups is 2. The zero-order valence-corrected chi connectivity index (χ0v) is 20.3. The predicted octanol–water partition coefficient (Wildman–Crippen LogP) is 5.41. The third-order valence-corrected chi connectivity index (χ3v) is 6.86. The second-order valence-corrected chi connectivity index (χ2v) is 9.75. The van der Waals surface area contributed by atoms with Gasteiger partial charge in [0.25, 0.3) is 0 Å². The van der Waals surface area contributed by atoms with E-state index in [9.17, 15) is 14.0 Å². The van der Waals surface area contributed by atoms with E-state index in [-0.39, 0.29) is 23.9 Å². The molecule has 2 heterocycles. The molecule has 9 heteroatoms. The number of methoxy groups -OCH3 is 1. The minimum absolute atomic E-state index is 0.0121. The van der Waals surface area contributed by atoms with Crippen molar-refractivity contribution in [2.24, 2.45) is 5.92 Å². The van der Waals surface area contributed by atoms with Crippen molar-refractivity contribution in [1.82, 2.24) is 15.1 Å². The summed E-state index contributed by atoms with van der Waals surface area (Å²) in [5, 5.41) is 10.3. The van der Waals surface area contributed by atoms with Crippen LogP contribution in [0.4, 0.5) is 4.39 Å². The Morgan fingerprint density at radius 2 is 1.97 bits per heavy atom. The van der Waals surface area contributed by atoms with Gasteiger partial charge in [0.15, 0.2) is 0 Å². The molecule has 1 fully saturated rings. The third-order valence-electron chi connectivity index (χ3n) is 5.59. The van der Waals surface area contributed by atoms with E-state index in [0.29, 0.717) is 35.9 Å². The highest BCUT2D eigenvalue weighted by atomic mass is 32.1. The van der Waals surface area contributed by atoms with Gasteiger partial charge in [0.05, 0.1) is 12.7 Å². The fourth-order valence-electron chi connectivity index (χ4n) is 3.78. The Kier molecular flexibility index (Phi) is 6.92. The Morgan fingerprint density at radius 3 is 2.56 bits per heavy atom. The first-order chi connectivity index (χ1) is 16.2. The SMILES string of the molecule is COC(=O)c1cc(Oc2ccc(-c3nnc(C(C)C)s3)cc2)c(CN2CC(C)CC2=O)cc1F. The molecule has 1 aromatic heterocycles. The molecule has 34 heavy (non-hydrogen) atoms. The summed E-state index contributed by atoms with van der Waals surface area (Å²) in [6.45, 7) is 6.92. The van der Waals surface area contributed by atoms with Gasteiger partial charge in [-0.3, -0.25) is 4.79 Å². The number of amides is 1. The van der Waals surface area contributed by atoms with Crippen molar-refractivity contribution in [2.75, 3.05) is 13.7 Å². The Labute approximate surface area is 201 Å². The lowest BCUT2D eigenvalue weighted by Gasteiger charge is -2.19. The van der Waals surface area contributed by atoms with E-state index < -0.39 is 11.8 Å². The summed E-state index contributed by atoms with van der Waals surface area (Å²) in [7, 11) is 1.19. The lowest BCUT2D eigenvalue weighted by Crippen LogP contribution is -2.25. The van der Waals surface area contributed by atoms with Gasteiger partial charge in [0.2, 0.25) is 5.91 Å². The molecule has 3 aromatic rings. The van der Waals surface area contributed by atoms with E-state index in [1.165, 1.54) is 19.2 Å². The predicted molar refractivity (Wildman–Crippen MR) is 126 cm³/mol. The fourth-order valence-corrected chi connectivity index (χ4v) is 4.64. The molecule has 1 amide bonds. The van der Waals surface area contributed by atoms with E-state index in [0.717, 1.165) is 15.6 Å². The van der Waals surface area contributed by atoms with E-state index in [4.69, 9.17) is 9.47 Å². The Morgan fingerprint density at radius 1 is 1.24 bits per heavy atom. The lowest BCUT2D eigenvalue weighted by atomic mass is 10.1. The van der Waals surface area contributed by atoms with Gasteiger partial charge in [-0.25, -0.2) is 9.18 Å². The highest BCUT2D eigenvalue weighted by molar-refractivity contribution is 7.14. The lowest BCUT2D eigenvalue weighted by molar-refractivity contribution is -0.128. The molecular weight excluding hydrogens is 457 g/mol. The molecule has 1 saturated heterocycles. The summed E-state index contributed by atoms with van der Waals surface area (Å²) in [5.41, 5.74) is 1.15. The van der Waals surface area contributed by atoms with Gasteiger partial charge >= 0.3 is 5.97 Å². The van der Waals surface area contributed by atoms with Crippen molar-refractivity contribution in [3.05, 3.63) is 58.3 Å². The number of hydrogen-bond donors (Lipinski definition) is 0. The summed E-state index contributed by atoms with van der Waals surface area (Å²) in [6.07, 6.45) is 0.463. The minimum atomic E-state index is -0.799. The number of ether oxygens (including phenoxy) is 2. The number of rotatable bonds is 7. The number of likely N-dealkylation sites (tertiary alicyclic amines) is 1. The summed E-state index contributed by atoms with van der Waals surface area (Å²) in [6, 6.07) is 9.86. The van der Waals surface area contributed by atoms with Gasteiger partial charge in [-0.15, -0.1) is 10.2 Å². The van der Waals surface area contributed by atoms with E-state index in [1.54, 1.807) is 28.4 Å². The standard InChI is InChI=1S/C25H26FN3O4S/c1-14(2)23-27-28-24(34-23)16-5-7-18(8-6-16)33-21-11-19(25(31)32-4)20(26)10-17(21)13-29-12-15(3)9-22(29)30/h5-8,10-11,14-15H,9,12-13H2,1-4H3. The van der Waals surface area contributed by atoms with Crippen LogP contribution in [0.2, 0.25) is 0 Å². The fraction of sp³-hybridized carbons (Fsp3) is 0.360. The molecule has 0 N–H and O–H groups in total. The molecular formula is C25H26FN3O4S. The second kappa shape index (κ2) is 9.89. The molecule has 0 aliphatic carbocycles. The molecule has 4 rings (SSSR count). The Hall–Kier alpha value is -3.33. The second-order valence-electron chi connectivity index (χ2n) is 8.74. The van der Waals surface area contributed by atoms with Crippen LogP contribution < -0.4 is 4.74 Å². The first kappa shape index (κ1) is 23.8. The van der Waals surface area contributed by atoms with Crippen molar-refractivity contribution in [1.29, 1.82) is 0 Å². The zero-order valence-electron chi connectivity index (χ0n) is 19.5. The van der Waals surface area contributed by atoms with Crippen LogP contribution in [0, 0.1) is 11.7 Å². The molecule has 0 saturated carbocycles. The number of hydrogen-bond acceptors (Lipinski definition) is 7. The molecule has 178 valence electrons. The van der Waals surface area contributed by atoms with Crippen LogP contribution >= 0.6 is 11.3 Å². The summed E-state index contributed by atoms with van der Waals surface area (Å²) in [5.74, 6) is -0.172. The van der Waals surface area contributed by atoms with Crippen LogP contribution in [-0.4, -0.2) is 40.6 Å². The van der Waals surface area contributed by atoms with Gasteiger partial charge in [0, 0.05) is 36.6 Å². The molecule has 0 spiro atoms. The van der Waals surface area contributed by atoms with Gasteiger partial charge in [-0.2, -0.15) is 0 Å². The van der Waals surface area contributed by atoms with E-state index >= 15 is 0 Å². The van der Waals surface area contributed by atoms with Gasteiger partial charge < -0.3 is 14.4 Å². The topological polar surface area (TPSA) is 81.6 Å². The Bertz CT molecular complexity index is 1210. The largest absolute Gasteiger partial charge is 0.465 e. The maximum atomic E-state index is 14.7. The van der Waals surface area contributed by atoms with Crippen molar-refractivity contribution in [3.63, 3.8) is 0 Å². The van der Waals surface area contributed by atoms with Crippen LogP contribution in [0.15, 0.2) is 36.4 Å². The number of aromatic nitrogens is 2. The highest BCUT2D eigenvalue weighted by Gasteiger charge is 2.28. The molecule has 2 aromatic carbocycles. The van der Waals surface area contributed by atoms with Crippen molar-refractivity contribution in [2.45, 2.75) is 39.7 Å². The first-order valence-electron chi connectivity index (χ1n) is 11.0. The molecule has 0 radical (unpaired) electrons. The van der Waals surface area contributed by atoms with Gasteiger partial charge in [-0.05, 0) is 42.3 Å². The molecule has 1 aliphatic heterocycles. The van der Waals surface area contributed by atoms with Crippen LogP contribution in [0.3, 0.4) is 0 Å². The van der Waals surface area contributed by atoms with Crippen LogP contribution in [0.5, 0.6) is 11.5 Å². The van der Waals surface area contributed by atoms with Crippen LogP contribution in [-0.2, 0) is 16.1 Å². The average Bonchev–Trinajstić information content (AvgIpc) is 3.42. The summed E-state index contributed by atoms with van der Waals surface area (Å²) >= 11 is 1.54. The number of halogens is 1. The maximum Gasteiger partial charge on any atom is 0.340 e. The average molecular weight is 484 g/mol. The number of carbonyl (C=O) groups excluding carboxylic acids is 2. The molecule has 0 bridgehead atoms. The number of benzene rings is 2. The van der Waals surface area contributed by atoms with E-state index in [2.05, 4.69) is 24.0 Å². The molecule has 1 atom stereocenters. The van der Waals surface area contributed by atoms with Gasteiger partial charge in [0.1, 0.15) is 27.3 Å². The van der Waals surface area contributed by atoms with E-state index in [1.807, 2.05) is 19.1 Å². The van der Waals surface area contributed by atoms with Crippen molar-refractivity contribution in [3.8, 4) is 22.1 Å². The number of esters is 1. The zero-order chi connectivity index (χ0) is 24.4. The van der Waals surface area contributed by atoms with Crippen LogP contribution in [0.25, 0.3) is 10.6 Å². The van der Waals surface area contributed by atoms with Crippen molar-refractivity contribution < 1.29 is 23.5 Å². The molecule has 1 unspecified atom stereocenters. The highest BCUT2D eigenvalue weighted by Crippen LogP contribution is 2.33. The first-order valence-corrected chi connectivity index (χ1v) is 11.9. The normalized spacial score (nSPS) is 15.8. The molecule has 1 aliphatic rings. The molecule has 7 nitrogen and oxygen atoms in total. The Balaban J connectivity index is 1.62. The number of nitrogens with zero attached hydrogens (tertiary/aromatic N) is 3. The summed E-state index contributed by atoms with van der Waals surface area (Å²) in [4.78, 5) is 26.0. The third kappa shape index (κ3) is 5.09. The smallest absolute Gasteiger partial charge is 0.340 e. The van der Waals surface area contributed by atoms with Gasteiger partial charge in [-0.1, -0.05) is 32.1 Å². The monoisotopic (exact) mass is 483 g/mol. The van der Waals surface area contributed by atoms with Crippen LogP contribution in [0.1, 0.15) is 54.0 Å². The summed E-state index contributed by atoms with van der Waals surface area (Å²) < 4.78 is 25.4. The quantitative estimate of drug-likeness (QED) is 0.418.